The van der Waals surface area contributed by atoms with Crippen LogP contribution in [0.25, 0.3) is 0 Å². The van der Waals surface area contributed by atoms with Crippen molar-refractivity contribution < 1.29 is 9.53 Å². The number of hydrogen-bond acceptors (Lipinski definition) is 3. The summed E-state index contributed by atoms with van der Waals surface area (Å²) in [5.74, 6) is 0.820. The van der Waals surface area contributed by atoms with Crippen molar-refractivity contribution in [3.63, 3.8) is 0 Å². The van der Waals surface area contributed by atoms with E-state index in [2.05, 4.69) is 4.99 Å². The molecular weight excluding hydrogens is 190 g/mol. The van der Waals surface area contributed by atoms with Gasteiger partial charge in [-0.2, -0.15) is 0 Å². The number of methoxy groups -OCH3 is 1. The SMILES string of the molecule is COc1ccc([C@@H]2C=CC(C=O)=N2)cc1. The monoisotopic (exact) mass is 201 g/mol. The lowest BCUT2D eigenvalue weighted by atomic mass is 10.1. The van der Waals surface area contributed by atoms with Crippen LogP contribution in [0.5, 0.6) is 5.75 Å². The predicted octanol–water partition coefficient (Wildman–Crippen LogP) is 1.95. The average Bonchev–Trinajstić information content (AvgIpc) is 2.78. The van der Waals surface area contributed by atoms with Gasteiger partial charge in [-0.15, -0.1) is 0 Å². The highest BCUT2D eigenvalue weighted by molar-refractivity contribution is 6.34. The Kier molecular flexibility index (Phi) is 2.63. The number of rotatable bonds is 3. The van der Waals surface area contributed by atoms with E-state index in [0.29, 0.717) is 5.71 Å². The molecule has 0 N–H and O–H groups in total. The minimum atomic E-state index is -0.0314. The zero-order valence-electron chi connectivity index (χ0n) is 8.38. The molecule has 15 heavy (non-hydrogen) atoms. The van der Waals surface area contributed by atoms with E-state index in [9.17, 15) is 4.79 Å². The maximum Gasteiger partial charge on any atom is 0.167 e. The first-order chi connectivity index (χ1) is 7.33. The summed E-state index contributed by atoms with van der Waals surface area (Å²) in [5.41, 5.74) is 1.56. The third-order valence-electron chi connectivity index (χ3n) is 2.32. The molecule has 1 aromatic carbocycles. The Balaban J connectivity index is 2.21. The zero-order chi connectivity index (χ0) is 10.7. The van der Waals surface area contributed by atoms with E-state index in [4.69, 9.17) is 4.74 Å². The highest BCUT2D eigenvalue weighted by Crippen LogP contribution is 2.24. The van der Waals surface area contributed by atoms with Gasteiger partial charge >= 0.3 is 0 Å². The third-order valence-corrected chi connectivity index (χ3v) is 2.32. The van der Waals surface area contributed by atoms with Crippen molar-refractivity contribution in [2.24, 2.45) is 4.99 Å². The van der Waals surface area contributed by atoms with E-state index in [1.165, 1.54) is 0 Å². The van der Waals surface area contributed by atoms with Gasteiger partial charge in [0.1, 0.15) is 5.75 Å². The summed E-state index contributed by atoms with van der Waals surface area (Å²) >= 11 is 0. The highest BCUT2D eigenvalue weighted by atomic mass is 16.5. The second-order valence-corrected chi connectivity index (χ2v) is 3.25. The van der Waals surface area contributed by atoms with E-state index in [1.807, 2.05) is 30.3 Å². The second kappa shape index (κ2) is 4.09. The lowest BCUT2D eigenvalue weighted by Gasteiger charge is -2.06. The molecule has 0 aromatic heterocycles. The van der Waals surface area contributed by atoms with E-state index in [1.54, 1.807) is 13.2 Å². The number of aldehydes is 1. The lowest BCUT2D eigenvalue weighted by molar-refractivity contribution is -0.102. The largest absolute Gasteiger partial charge is 0.497 e. The lowest BCUT2D eigenvalue weighted by Crippen LogP contribution is -1.92. The maximum atomic E-state index is 10.5. The first kappa shape index (κ1) is 9.65. The Morgan fingerprint density at radius 3 is 2.60 bits per heavy atom. The fourth-order valence-electron chi connectivity index (χ4n) is 1.49. The van der Waals surface area contributed by atoms with E-state index < -0.39 is 0 Å². The molecule has 1 aliphatic heterocycles. The molecule has 0 bridgehead atoms. The molecule has 0 unspecified atom stereocenters. The molecule has 0 spiro atoms. The number of ether oxygens (including phenoxy) is 1. The Morgan fingerprint density at radius 2 is 2.07 bits per heavy atom. The van der Waals surface area contributed by atoms with Crippen LogP contribution in [0.3, 0.4) is 0 Å². The minimum Gasteiger partial charge on any atom is -0.497 e. The smallest absolute Gasteiger partial charge is 0.167 e. The third kappa shape index (κ3) is 1.96. The summed E-state index contributed by atoms with van der Waals surface area (Å²) in [6.45, 7) is 0. The van der Waals surface area contributed by atoms with Gasteiger partial charge in [-0.05, 0) is 23.8 Å². The summed E-state index contributed by atoms with van der Waals surface area (Å²) in [4.78, 5) is 14.7. The summed E-state index contributed by atoms with van der Waals surface area (Å²) in [6.07, 6.45) is 4.41. The average molecular weight is 201 g/mol. The molecule has 3 nitrogen and oxygen atoms in total. The molecule has 0 saturated heterocycles. The van der Waals surface area contributed by atoms with Crippen LogP contribution in [0.2, 0.25) is 0 Å². The molecule has 3 heteroatoms. The molecule has 1 aromatic rings. The Bertz CT molecular complexity index is 418. The molecular formula is C12H11NO2. The van der Waals surface area contributed by atoms with Crippen LogP contribution in [-0.4, -0.2) is 19.1 Å². The molecule has 1 aliphatic rings. The van der Waals surface area contributed by atoms with E-state index in [0.717, 1.165) is 17.6 Å². The van der Waals surface area contributed by atoms with Crippen molar-refractivity contribution in [3.05, 3.63) is 42.0 Å². The number of hydrogen-bond donors (Lipinski definition) is 0. The number of carbonyl (C=O) groups is 1. The highest BCUT2D eigenvalue weighted by Gasteiger charge is 2.12. The van der Waals surface area contributed by atoms with Gasteiger partial charge in [-0.25, -0.2) is 0 Å². The van der Waals surface area contributed by atoms with Gasteiger partial charge in [0.15, 0.2) is 6.29 Å². The molecule has 1 heterocycles. The number of carbonyl (C=O) groups excluding carboxylic acids is 1. The van der Waals surface area contributed by atoms with Crippen LogP contribution in [0.4, 0.5) is 0 Å². The molecule has 0 fully saturated rings. The fourth-order valence-corrected chi connectivity index (χ4v) is 1.49. The summed E-state index contributed by atoms with van der Waals surface area (Å²) < 4.78 is 5.06. The normalized spacial score (nSPS) is 18.7. The van der Waals surface area contributed by atoms with E-state index in [-0.39, 0.29) is 6.04 Å². The topological polar surface area (TPSA) is 38.7 Å². The van der Waals surface area contributed by atoms with Gasteiger partial charge in [0.25, 0.3) is 0 Å². The van der Waals surface area contributed by atoms with Crippen LogP contribution >= 0.6 is 0 Å². The van der Waals surface area contributed by atoms with Gasteiger partial charge in [0.2, 0.25) is 0 Å². The molecule has 0 aliphatic carbocycles. The van der Waals surface area contributed by atoms with Crippen molar-refractivity contribution in [3.8, 4) is 5.75 Å². The second-order valence-electron chi connectivity index (χ2n) is 3.25. The van der Waals surface area contributed by atoms with Crippen molar-refractivity contribution in [1.82, 2.24) is 0 Å². The van der Waals surface area contributed by atoms with Gasteiger partial charge in [-0.1, -0.05) is 18.2 Å². The molecule has 1 atom stereocenters. The Labute approximate surface area is 88.1 Å². The van der Waals surface area contributed by atoms with E-state index >= 15 is 0 Å². The van der Waals surface area contributed by atoms with Crippen LogP contribution < -0.4 is 4.74 Å². The summed E-state index contributed by atoms with van der Waals surface area (Å²) in [5, 5.41) is 0. The molecule has 2 rings (SSSR count). The van der Waals surface area contributed by atoms with Gasteiger partial charge in [0.05, 0.1) is 18.9 Å². The van der Waals surface area contributed by atoms with Gasteiger partial charge < -0.3 is 4.74 Å². The summed E-state index contributed by atoms with van der Waals surface area (Å²) in [6, 6.07) is 7.64. The predicted molar refractivity (Wildman–Crippen MR) is 58.4 cm³/mol. The Hall–Kier alpha value is -1.90. The first-order valence-corrected chi connectivity index (χ1v) is 4.68. The van der Waals surface area contributed by atoms with Crippen LogP contribution in [-0.2, 0) is 4.79 Å². The summed E-state index contributed by atoms with van der Waals surface area (Å²) in [7, 11) is 1.63. The van der Waals surface area contributed by atoms with Gasteiger partial charge in [-0.3, -0.25) is 9.79 Å². The fraction of sp³-hybridized carbons (Fsp3) is 0.167. The quantitative estimate of drug-likeness (QED) is 0.701. The first-order valence-electron chi connectivity index (χ1n) is 4.68. The van der Waals surface area contributed by atoms with Crippen molar-refractivity contribution >= 4 is 12.0 Å². The molecule has 76 valence electrons. The van der Waals surface area contributed by atoms with Gasteiger partial charge in [0, 0.05) is 0 Å². The minimum absolute atomic E-state index is 0.0314. The molecule has 0 amide bonds. The van der Waals surface area contributed by atoms with Crippen LogP contribution in [0.1, 0.15) is 11.6 Å². The number of allylic oxidation sites excluding steroid dienone is 1. The maximum absolute atomic E-state index is 10.5. The van der Waals surface area contributed by atoms with Crippen molar-refractivity contribution in [2.45, 2.75) is 6.04 Å². The molecule has 0 saturated carbocycles. The number of nitrogens with zero attached hydrogens (tertiary/aromatic N) is 1. The van der Waals surface area contributed by atoms with Crippen LogP contribution in [0.15, 0.2) is 41.4 Å². The van der Waals surface area contributed by atoms with Crippen LogP contribution in [0, 0.1) is 0 Å². The van der Waals surface area contributed by atoms with Crippen molar-refractivity contribution in [2.75, 3.05) is 7.11 Å². The molecule has 0 radical (unpaired) electrons. The number of aliphatic imine (C=N–C) groups is 1. The Morgan fingerprint density at radius 1 is 1.33 bits per heavy atom. The number of benzene rings is 1. The van der Waals surface area contributed by atoms with Crippen molar-refractivity contribution in [1.29, 1.82) is 0 Å². The standard InChI is InChI=1S/C12H11NO2/c1-15-11-5-2-9(3-6-11)12-7-4-10(8-14)13-12/h2-8,12H,1H3/t12-/m0/s1. The zero-order valence-corrected chi connectivity index (χ0v) is 8.38.